The van der Waals surface area contributed by atoms with Crippen LogP contribution >= 0.6 is 49.6 Å². The highest BCUT2D eigenvalue weighted by Gasteiger charge is 2.09. The van der Waals surface area contributed by atoms with Gasteiger partial charge in [-0.2, -0.15) is 0 Å². The zero-order chi connectivity index (χ0) is 35.3. The Labute approximate surface area is 347 Å². The summed E-state index contributed by atoms with van der Waals surface area (Å²) in [5.74, 6) is 0.510. The molecule has 0 aliphatic rings. The SMILES string of the molecule is CCCCCCCCCCS(=O)(=O)NCCCNCCCNCCCCNCCCNCCCNS(=O)(=O)CCCCCCCCCC.Cl.Cl.Cl.Cl. The van der Waals surface area contributed by atoms with Crippen molar-refractivity contribution in [3.05, 3.63) is 0 Å². The van der Waals surface area contributed by atoms with Gasteiger partial charge in [0.05, 0.1) is 11.5 Å². The fraction of sp³-hybridized carbons (Fsp3) is 1.00. The standard InChI is InChI=1S/C36H80N6O4S2.4ClH/c1-3-5-7-9-11-13-15-19-35-47(43,44)41-33-23-31-39-29-21-27-37-25-17-18-26-38-28-22-30-40-32-24-34-42-48(45,46)36-20-16-14-12-10-8-6-4-2;;;;/h37-42H,3-36H2,1-2H3;4*1H. The largest absolute Gasteiger partial charge is 0.317 e. The Kier molecular flexibility index (Phi) is 57.2. The number of nitrogens with one attached hydrogen (secondary N) is 6. The zero-order valence-electron chi connectivity index (χ0n) is 33.1. The van der Waals surface area contributed by atoms with Crippen molar-refractivity contribution in [3.63, 3.8) is 0 Å². The zero-order valence-corrected chi connectivity index (χ0v) is 38.0. The van der Waals surface area contributed by atoms with Crippen LogP contribution in [0.5, 0.6) is 0 Å². The lowest BCUT2D eigenvalue weighted by Crippen LogP contribution is -2.30. The highest BCUT2D eigenvalue weighted by atomic mass is 35.5. The van der Waals surface area contributed by atoms with Gasteiger partial charge < -0.3 is 21.3 Å². The minimum atomic E-state index is -3.13. The van der Waals surface area contributed by atoms with E-state index in [1.54, 1.807) is 0 Å². The Hall–Kier alpha value is 0.820. The van der Waals surface area contributed by atoms with Gasteiger partial charge >= 0.3 is 0 Å². The molecule has 0 saturated carbocycles. The fourth-order valence-corrected chi connectivity index (χ4v) is 7.92. The summed E-state index contributed by atoms with van der Waals surface area (Å²) in [5, 5.41) is 13.8. The first kappa shape index (κ1) is 62.0. The normalized spacial score (nSPS) is 11.3. The van der Waals surface area contributed by atoms with Crippen LogP contribution in [-0.4, -0.2) is 93.8 Å². The van der Waals surface area contributed by atoms with E-state index in [0.717, 1.165) is 129 Å². The van der Waals surface area contributed by atoms with Crippen LogP contribution in [0, 0.1) is 0 Å². The van der Waals surface area contributed by atoms with Gasteiger partial charge in [-0.3, -0.25) is 0 Å². The molecule has 0 fully saturated rings. The van der Waals surface area contributed by atoms with E-state index in [2.05, 4.69) is 44.6 Å². The third kappa shape index (κ3) is 50.8. The topological polar surface area (TPSA) is 140 Å². The van der Waals surface area contributed by atoms with Crippen LogP contribution in [0.25, 0.3) is 0 Å². The Morgan fingerprint density at radius 1 is 0.288 bits per heavy atom. The lowest BCUT2D eigenvalue weighted by Gasteiger charge is -2.09. The number of hydrogen-bond donors (Lipinski definition) is 6. The quantitative estimate of drug-likeness (QED) is 0.0348. The molecule has 0 atom stereocenters. The molecule has 0 heterocycles. The maximum absolute atomic E-state index is 12.1. The molecule has 0 aliphatic heterocycles. The van der Waals surface area contributed by atoms with Crippen LogP contribution in [0.15, 0.2) is 0 Å². The van der Waals surface area contributed by atoms with E-state index < -0.39 is 20.0 Å². The number of halogens is 4. The van der Waals surface area contributed by atoms with Crippen LogP contribution in [-0.2, 0) is 20.0 Å². The predicted molar refractivity (Wildman–Crippen MR) is 237 cm³/mol. The molecule has 0 aromatic carbocycles. The minimum absolute atomic E-state index is 0. The van der Waals surface area contributed by atoms with Crippen molar-refractivity contribution in [3.8, 4) is 0 Å². The number of unbranched alkanes of at least 4 members (excludes halogenated alkanes) is 15. The fourth-order valence-electron chi connectivity index (χ4n) is 5.56. The Morgan fingerprint density at radius 3 is 0.808 bits per heavy atom. The van der Waals surface area contributed by atoms with Gasteiger partial charge in [-0.05, 0) is 104 Å². The minimum Gasteiger partial charge on any atom is -0.317 e. The lowest BCUT2D eigenvalue weighted by molar-refractivity contribution is 0.539. The maximum atomic E-state index is 12.1. The summed E-state index contributed by atoms with van der Waals surface area (Å²) in [7, 11) is -6.26. The third-order valence-electron chi connectivity index (χ3n) is 8.61. The van der Waals surface area contributed by atoms with Crippen LogP contribution in [0.1, 0.15) is 155 Å². The molecule has 0 bridgehead atoms. The van der Waals surface area contributed by atoms with Crippen molar-refractivity contribution in [2.24, 2.45) is 0 Å². The van der Waals surface area contributed by atoms with Gasteiger partial charge in [-0.1, -0.05) is 104 Å². The molecule has 0 rings (SSSR count). The van der Waals surface area contributed by atoms with E-state index in [9.17, 15) is 16.8 Å². The van der Waals surface area contributed by atoms with Crippen molar-refractivity contribution < 1.29 is 16.8 Å². The summed E-state index contributed by atoms with van der Waals surface area (Å²) in [4.78, 5) is 0. The van der Waals surface area contributed by atoms with E-state index in [4.69, 9.17) is 0 Å². The number of hydrogen-bond acceptors (Lipinski definition) is 8. The van der Waals surface area contributed by atoms with Gasteiger partial charge in [0, 0.05) is 13.1 Å². The second-order valence-electron chi connectivity index (χ2n) is 13.5. The summed E-state index contributed by atoms with van der Waals surface area (Å²) in [6, 6.07) is 0. The molecule has 0 unspecified atom stereocenters. The average molecular weight is 871 g/mol. The molecule has 0 saturated heterocycles. The molecule has 0 spiro atoms. The van der Waals surface area contributed by atoms with E-state index >= 15 is 0 Å². The summed E-state index contributed by atoms with van der Waals surface area (Å²) in [6.07, 6.45) is 24.7. The molecular formula is C36H84Cl4N6O4S2. The molecule has 0 aromatic heterocycles. The van der Waals surface area contributed by atoms with E-state index in [0.29, 0.717) is 13.1 Å². The van der Waals surface area contributed by atoms with Gasteiger partial charge in [0.2, 0.25) is 20.0 Å². The first-order chi connectivity index (χ1) is 23.3. The number of rotatable bonds is 41. The first-order valence-electron chi connectivity index (χ1n) is 20.1. The monoisotopic (exact) mass is 868 g/mol. The molecular weight excluding hydrogens is 786 g/mol. The first-order valence-corrected chi connectivity index (χ1v) is 23.4. The average Bonchev–Trinajstić information content (AvgIpc) is 3.05. The van der Waals surface area contributed by atoms with Crippen LogP contribution < -0.4 is 30.7 Å². The Morgan fingerprint density at radius 2 is 0.519 bits per heavy atom. The van der Waals surface area contributed by atoms with Gasteiger partial charge in [-0.15, -0.1) is 49.6 Å². The Bertz CT molecular complexity index is 813. The predicted octanol–water partition coefficient (Wildman–Crippen LogP) is 7.49. The molecule has 10 nitrogen and oxygen atoms in total. The van der Waals surface area contributed by atoms with Gasteiger partial charge in [0.15, 0.2) is 0 Å². The molecule has 0 amide bonds. The molecule has 52 heavy (non-hydrogen) atoms. The summed E-state index contributed by atoms with van der Waals surface area (Å²) < 4.78 is 54.0. The summed E-state index contributed by atoms with van der Waals surface area (Å²) in [6.45, 7) is 13.1. The highest BCUT2D eigenvalue weighted by Crippen LogP contribution is 2.10. The van der Waals surface area contributed by atoms with E-state index in [1.807, 2.05) is 0 Å². The van der Waals surface area contributed by atoms with Gasteiger partial charge in [-0.25, -0.2) is 26.3 Å². The van der Waals surface area contributed by atoms with E-state index in [1.165, 1.54) is 64.2 Å². The molecule has 322 valence electrons. The van der Waals surface area contributed by atoms with Crippen LogP contribution in [0.3, 0.4) is 0 Å². The molecule has 0 radical (unpaired) electrons. The summed E-state index contributed by atoms with van der Waals surface area (Å²) >= 11 is 0. The van der Waals surface area contributed by atoms with Crippen molar-refractivity contribution in [2.45, 2.75) is 155 Å². The summed E-state index contributed by atoms with van der Waals surface area (Å²) in [5.41, 5.74) is 0. The van der Waals surface area contributed by atoms with Crippen molar-refractivity contribution in [1.82, 2.24) is 30.7 Å². The van der Waals surface area contributed by atoms with E-state index in [-0.39, 0.29) is 61.1 Å². The van der Waals surface area contributed by atoms with Crippen LogP contribution in [0.2, 0.25) is 0 Å². The third-order valence-corrected chi connectivity index (χ3v) is 11.5. The van der Waals surface area contributed by atoms with Crippen LogP contribution in [0.4, 0.5) is 0 Å². The second-order valence-corrected chi connectivity index (χ2v) is 17.4. The molecule has 6 N–H and O–H groups in total. The second kappa shape index (κ2) is 48.0. The van der Waals surface area contributed by atoms with Crippen molar-refractivity contribution >= 4 is 69.7 Å². The van der Waals surface area contributed by atoms with Gasteiger partial charge in [0.25, 0.3) is 0 Å². The smallest absolute Gasteiger partial charge is 0.211 e. The molecule has 0 aromatic rings. The maximum Gasteiger partial charge on any atom is 0.211 e. The number of sulfonamides is 2. The van der Waals surface area contributed by atoms with Crippen molar-refractivity contribution in [2.75, 3.05) is 77.0 Å². The molecule has 16 heteroatoms. The molecule has 0 aliphatic carbocycles. The highest BCUT2D eigenvalue weighted by molar-refractivity contribution is 7.89. The lowest BCUT2D eigenvalue weighted by atomic mass is 10.1. The van der Waals surface area contributed by atoms with Crippen molar-refractivity contribution in [1.29, 1.82) is 0 Å². The van der Waals surface area contributed by atoms with Gasteiger partial charge in [0.1, 0.15) is 0 Å². The Balaban J connectivity index is -0.00000184.